The van der Waals surface area contributed by atoms with Crippen LogP contribution in [0.2, 0.25) is 0 Å². The van der Waals surface area contributed by atoms with Crippen molar-refractivity contribution in [3.63, 3.8) is 0 Å². The molecule has 33 heavy (non-hydrogen) atoms. The number of ether oxygens (including phenoxy) is 3. The Balaban J connectivity index is 3.18. The number of hydrogen-bond acceptors (Lipinski definition) is 6. The Labute approximate surface area is 197 Å². The van der Waals surface area contributed by atoms with Crippen molar-refractivity contribution in [3.8, 4) is 29.6 Å². The van der Waals surface area contributed by atoms with Crippen LogP contribution in [0.3, 0.4) is 0 Å². The van der Waals surface area contributed by atoms with Gasteiger partial charge in [0.2, 0.25) is 5.90 Å². The topological polar surface area (TPSA) is 64.8 Å². The third-order valence-corrected chi connectivity index (χ3v) is 3.94. The Kier molecular flexibility index (Phi) is 13.8. The first-order chi connectivity index (χ1) is 16.1. The van der Waals surface area contributed by atoms with Gasteiger partial charge in [-0.1, -0.05) is 38.0 Å². The highest BCUT2D eigenvalue weighted by Gasteiger charge is 2.10. The fraction of sp³-hybridized carbons (Fsp3) is 0.296. The summed E-state index contributed by atoms with van der Waals surface area (Å²) in [5.74, 6) is 5.02. The molecule has 0 amide bonds. The molecule has 0 N–H and O–H groups in total. The van der Waals surface area contributed by atoms with Crippen LogP contribution in [0.25, 0.3) is 0 Å². The van der Waals surface area contributed by atoms with E-state index in [2.05, 4.69) is 40.6 Å². The van der Waals surface area contributed by atoms with Crippen molar-refractivity contribution < 1.29 is 14.2 Å². The molecular formula is C27H33N3O3. The predicted octanol–water partition coefficient (Wildman–Crippen LogP) is 5.97. The average molecular weight is 448 g/mol. The second-order valence-corrected chi connectivity index (χ2v) is 6.61. The van der Waals surface area contributed by atoms with Crippen molar-refractivity contribution >= 4 is 18.5 Å². The van der Waals surface area contributed by atoms with Gasteiger partial charge >= 0.3 is 0 Å². The van der Waals surface area contributed by atoms with Gasteiger partial charge in [-0.3, -0.25) is 15.0 Å². The summed E-state index contributed by atoms with van der Waals surface area (Å²) < 4.78 is 17.9. The van der Waals surface area contributed by atoms with E-state index in [1.807, 2.05) is 32.1 Å². The zero-order valence-corrected chi connectivity index (χ0v) is 19.9. The molecule has 0 spiro atoms. The summed E-state index contributed by atoms with van der Waals surface area (Å²) in [6, 6.07) is 5.32. The summed E-state index contributed by atoms with van der Waals surface area (Å²) >= 11 is 0. The van der Waals surface area contributed by atoms with Crippen LogP contribution < -0.4 is 14.2 Å². The summed E-state index contributed by atoms with van der Waals surface area (Å²) in [5.41, 5.74) is 0. The van der Waals surface area contributed by atoms with E-state index in [0.29, 0.717) is 42.0 Å². The van der Waals surface area contributed by atoms with Crippen molar-refractivity contribution in [1.82, 2.24) is 0 Å². The maximum atomic E-state index is 6.03. The normalized spacial score (nSPS) is 13.7. The first-order valence-electron chi connectivity index (χ1n) is 10.8. The number of benzene rings is 1. The molecule has 174 valence electrons. The van der Waals surface area contributed by atoms with E-state index in [-0.39, 0.29) is 6.10 Å². The lowest BCUT2D eigenvalue weighted by molar-refractivity contribution is 0.268. The van der Waals surface area contributed by atoms with Crippen LogP contribution in [0.5, 0.6) is 17.2 Å². The highest BCUT2D eigenvalue weighted by Crippen LogP contribution is 2.29. The molecule has 0 heterocycles. The minimum atomic E-state index is -0.207. The fourth-order valence-corrected chi connectivity index (χ4v) is 2.46. The van der Waals surface area contributed by atoms with Crippen molar-refractivity contribution in [2.24, 2.45) is 15.0 Å². The molecule has 0 saturated carbocycles. The summed E-state index contributed by atoms with van der Waals surface area (Å²) in [6.45, 7) is 9.97. The predicted molar refractivity (Wildman–Crippen MR) is 139 cm³/mol. The molecule has 0 radical (unpaired) electrons. The number of allylic oxidation sites excluding steroid dienone is 4. The third-order valence-electron chi connectivity index (χ3n) is 3.94. The van der Waals surface area contributed by atoms with Gasteiger partial charge in [-0.15, -0.1) is 6.42 Å². The van der Waals surface area contributed by atoms with Gasteiger partial charge in [0.05, 0.1) is 6.54 Å². The van der Waals surface area contributed by atoms with E-state index >= 15 is 0 Å². The van der Waals surface area contributed by atoms with Crippen LogP contribution in [-0.2, 0) is 0 Å². The van der Waals surface area contributed by atoms with Gasteiger partial charge in [-0.05, 0) is 38.3 Å². The molecule has 0 aromatic heterocycles. The van der Waals surface area contributed by atoms with E-state index in [0.717, 1.165) is 6.42 Å². The molecule has 0 fully saturated rings. The third kappa shape index (κ3) is 11.9. The van der Waals surface area contributed by atoms with Crippen molar-refractivity contribution in [1.29, 1.82) is 0 Å². The van der Waals surface area contributed by atoms with Crippen molar-refractivity contribution in [2.75, 3.05) is 13.6 Å². The molecule has 1 aromatic carbocycles. The minimum absolute atomic E-state index is 0.207. The largest absolute Gasteiger partial charge is 0.486 e. The van der Waals surface area contributed by atoms with Gasteiger partial charge in [0.25, 0.3) is 0 Å². The van der Waals surface area contributed by atoms with E-state index < -0.39 is 0 Å². The molecule has 1 aromatic rings. The maximum absolute atomic E-state index is 6.03. The molecule has 0 aliphatic rings. The van der Waals surface area contributed by atoms with Gasteiger partial charge in [0, 0.05) is 43.9 Å². The van der Waals surface area contributed by atoms with Gasteiger partial charge in [-0.25, -0.2) is 0 Å². The zero-order chi connectivity index (χ0) is 24.3. The van der Waals surface area contributed by atoms with E-state index in [9.17, 15) is 0 Å². The Morgan fingerprint density at radius 1 is 1.12 bits per heavy atom. The van der Waals surface area contributed by atoms with Gasteiger partial charge < -0.3 is 14.2 Å². The lowest BCUT2D eigenvalue weighted by atomic mass is 10.3. The van der Waals surface area contributed by atoms with Gasteiger partial charge in [0.15, 0.2) is 5.90 Å². The SMILES string of the molecule is C#C/C=C\C(=N/C)Oc1cc(O/C(CC)=N/C/C=C\CC)cc(OC(C)/C=C\C=C/N=C)c1. The highest BCUT2D eigenvalue weighted by atomic mass is 16.5. The molecule has 6 heteroatoms. The molecular weight excluding hydrogens is 414 g/mol. The molecule has 0 bridgehead atoms. The maximum Gasteiger partial charge on any atom is 0.215 e. The van der Waals surface area contributed by atoms with Crippen LogP contribution in [0.15, 0.2) is 81.9 Å². The quantitative estimate of drug-likeness (QED) is 0.130. The molecule has 0 aliphatic heterocycles. The first kappa shape index (κ1) is 27.2. The summed E-state index contributed by atoms with van der Waals surface area (Å²) in [4.78, 5) is 12.3. The smallest absolute Gasteiger partial charge is 0.215 e. The lowest BCUT2D eigenvalue weighted by Gasteiger charge is -2.15. The van der Waals surface area contributed by atoms with Crippen molar-refractivity contribution in [3.05, 3.63) is 66.9 Å². The molecule has 6 nitrogen and oxygen atoms in total. The molecule has 0 aliphatic carbocycles. The van der Waals surface area contributed by atoms with E-state index in [4.69, 9.17) is 20.6 Å². The fourth-order valence-electron chi connectivity index (χ4n) is 2.46. The van der Waals surface area contributed by atoms with Gasteiger partial charge in [0.1, 0.15) is 23.4 Å². The molecule has 1 rings (SSSR count). The number of nitrogens with zero attached hydrogens (tertiary/aromatic N) is 3. The Morgan fingerprint density at radius 2 is 1.85 bits per heavy atom. The van der Waals surface area contributed by atoms with Crippen LogP contribution in [0.4, 0.5) is 0 Å². The zero-order valence-electron chi connectivity index (χ0n) is 19.9. The minimum Gasteiger partial charge on any atom is -0.486 e. The van der Waals surface area contributed by atoms with Crippen LogP contribution in [-0.4, -0.2) is 38.2 Å². The number of terminal acetylenes is 1. The second-order valence-electron chi connectivity index (χ2n) is 6.61. The Morgan fingerprint density at radius 3 is 2.48 bits per heavy atom. The number of hydrogen-bond donors (Lipinski definition) is 0. The van der Waals surface area contributed by atoms with E-state index in [1.165, 1.54) is 6.08 Å². The second kappa shape index (κ2) is 16.8. The summed E-state index contributed by atoms with van der Waals surface area (Å²) in [5, 5.41) is 0. The number of rotatable bonds is 12. The van der Waals surface area contributed by atoms with Crippen LogP contribution in [0, 0.1) is 12.3 Å². The van der Waals surface area contributed by atoms with E-state index in [1.54, 1.807) is 43.6 Å². The van der Waals surface area contributed by atoms with Gasteiger partial charge in [-0.2, -0.15) is 0 Å². The lowest BCUT2D eigenvalue weighted by Crippen LogP contribution is -2.11. The average Bonchev–Trinajstić information content (AvgIpc) is 2.81. The monoisotopic (exact) mass is 447 g/mol. The van der Waals surface area contributed by atoms with Crippen LogP contribution in [0.1, 0.15) is 33.6 Å². The van der Waals surface area contributed by atoms with Crippen LogP contribution >= 0.6 is 0 Å². The Hall–Kier alpha value is -3.85. The molecule has 1 unspecified atom stereocenters. The summed E-state index contributed by atoms with van der Waals surface area (Å²) in [7, 11) is 1.62. The summed E-state index contributed by atoms with van der Waals surface area (Å²) in [6.07, 6.45) is 21.0. The van der Waals surface area contributed by atoms with Crippen molar-refractivity contribution in [2.45, 2.75) is 39.7 Å². The molecule has 0 saturated heterocycles. The first-order valence-corrected chi connectivity index (χ1v) is 10.8. The molecule has 1 atom stereocenters. The standard InChI is InChI=1S/C27H33N3O3/c1-7-10-13-18-30-26(9-3)32-24-19-23(31-22(4)15-12-14-17-28-5)20-25(21-24)33-27(29-6)16-11-8-2/h2,10-17,19-22H,5,7,9,18H2,1,3-4,6H3/b13-10-,15-12-,16-11-,17-14-,29-27+,30-26+. The highest BCUT2D eigenvalue weighted by molar-refractivity contribution is 5.90. The Bertz CT molecular complexity index is 963. The number of aliphatic imine (C=N–C) groups is 3.